The van der Waals surface area contributed by atoms with Gasteiger partial charge >= 0.3 is 0 Å². The smallest absolute Gasteiger partial charge is 0.268 e. The van der Waals surface area contributed by atoms with E-state index in [1.807, 2.05) is 0 Å². The van der Waals surface area contributed by atoms with Gasteiger partial charge in [0, 0.05) is 36.7 Å². The molecular weight excluding hydrogens is 282 g/mol. The molecule has 0 unspecified atom stereocenters. The number of ketones is 1. The maximum absolute atomic E-state index is 12.2. The molecule has 3 N–H and O–H groups in total. The van der Waals surface area contributed by atoms with E-state index >= 15 is 0 Å². The van der Waals surface area contributed by atoms with Gasteiger partial charge in [-0.25, -0.2) is 9.97 Å². The Balaban J connectivity index is 1.90. The average Bonchev–Trinajstić information content (AvgIpc) is 2.79. The van der Waals surface area contributed by atoms with Gasteiger partial charge in [-0.2, -0.15) is 0 Å². The number of anilines is 1. The Labute approximate surface area is 128 Å². The first-order chi connectivity index (χ1) is 10.5. The summed E-state index contributed by atoms with van der Waals surface area (Å²) in [6, 6.07) is 1.73. The van der Waals surface area contributed by atoms with Crippen molar-refractivity contribution in [1.29, 1.82) is 0 Å². The van der Waals surface area contributed by atoms with Crippen LogP contribution in [0.2, 0.25) is 0 Å². The largest absolute Gasteiger partial charge is 0.354 e. The van der Waals surface area contributed by atoms with Crippen molar-refractivity contribution >= 4 is 17.6 Å². The summed E-state index contributed by atoms with van der Waals surface area (Å²) in [6.07, 6.45) is 3.28. The van der Waals surface area contributed by atoms with E-state index in [9.17, 15) is 9.59 Å². The van der Waals surface area contributed by atoms with Gasteiger partial charge in [-0.3, -0.25) is 9.59 Å². The molecule has 0 spiro atoms. The third-order valence-corrected chi connectivity index (χ3v) is 3.28. The summed E-state index contributed by atoms with van der Waals surface area (Å²) < 4.78 is 0. The van der Waals surface area contributed by atoms with Gasteiger partial charge in [0.05, 0.1) is 0 Å². The highest BCUT2D eigenvalue weighted by molar-refractivity contribution is 6.02. The molecule has 7 nitrogen and oxygen atoms in total. The molecule has 2 heterocycles. The van der Waals surface area contributed by atoms with Crippen LogP contribution in [0.3, 0.4) is 0 Å². The number of hydrogen-bond acceptors (Lipinski definition) is 5. The highest BCUT2D eigenvalue weighted by atomic mass is 16.2. The number of hydrogen-bond donors (Lipinski definition) is 3. The topological polar surface area (TPSA) is 99.8 Å². The molecule has 0 atom stereocenters. The van der Waals surface area contributed by atoms with E-state index in [1.54, 1.807) is 32.3 Å². The van der Waals surface area contributed by atoms with Crippen LogP contribution in [0.5, 0.6) is 0 Å². The van der Waals surface area contributed by atoms with Crippen molar-refractivity contribution in [1.82, 2.24) is 20.3 Å². The number of rotatable bonds is 6. The van der Waals surface area contributed by atoms with Crippen molar-refractivity contribution < 1.29 is 9.59 Å². The van der Waals surface area contributed by atoms with E-state index in [1.165, 1.54) is 6.92 Å². The Morgan fingerprint density at radius 2 is 1.86 bits per heavy atom. The van der Waals surface area contributed by atoms with Crippen molar-refractivity contribution in [2.75, 3.05) is 18.4 Å². The monoisotopic (exact) mass is 301 g/mol. The molecule has 2 rings (SSSR count). The van der Waals surface area contributed by atoms with Gasteiger partial charge in [0.1, 0.15) is 5.69 Å². The van der Waals surface area contributed by atoms with Gasteiger partial charge < -0.3 is 15.6 Å². The molecule has 0 bridgehead atoms. The molecule has 2 aromatic heterocycles. The molecule has 1 amide bonds. The number of nitrogens with zero attached hydrogens (tertiary/aromatic N) is 2. The normalized spacial score (nSPS) is 10.3. The molecule has 0 saturated carbocycles. The third-order valence-electron chi connectivity index (χ3n) is 3.28. The highest BCUT2D eigenvalue weighted by Gasteiger charge is 2.19. The maximum Gasteiger partial charge on any atom is 0.268 e. The lowest BCUT2D eigenvalue weighted by Gasteiger charge is -2.06. The summed E-state index contributed by atoms with van der Waals surface area (Å²) in [7, 11) is 0. The minimum Gasteiger partial charge on any atom is -0.354 e. The molecule has 7 heteroatoms. The standard InChI is InChI=1S/C15H19N5O2/c1-9-12(11(3)21)10(2)20-13(9)14(22)16-7-8-19-15-17-5-4-6-18-15/h4-6,20H,7-8H2,1-3H3,(H,16,22)(H,17,18,19). The number of aromatic amines is 1. The van der Waals surface area contributed by atoms with Crippen molar-refractivity contribution in [3.8, 4) is 0 Å². The second-order valence-electron chi connectivity index (χ2n) is 4.94. The molecule has 0 aromatic carbocycles. The van der Waals surface area contributed by atoms with Gasteiger partial charge in [0.2, 0.25) is 5.95 Å². The van der Waals surface area contributed by atoms with Crippen LogP contribution in [-0.2, 0) is 0 Å². The first-order valence-electron chi connectivity index (χ1n) is 7.00. The van der Waals surface area contributed by atoms with Gasteiger partial charge in [0.15, 0.2) is 5.78 Å². The zero-order chi connectivity index (χ0) is 16.1. The lowest BCUT2D eigenvalue weighted by atomic mass is 10.1. The fourth-order valence-electron chi connectivity index (χ4n) is 2.33. The number of carbonyl (C=O) groups is 2. The third kappa shape index (κ3) is 3.49. The zero-order valence-electron chi connectivity index (χ0n) is 12.9. The Morgan fingerprint density at radius 3 is 2.45 bits per heavy atom. The molecule has 0 fully saturated rings. The van der Waals surface area contributed by atoms with Crippen molar-refractivity contribution in [3.05, 3.63) is 41.0 Å². The summed E-state index contributed by atoms with van der Waals surface area (Å²) in [4.78, 5) is 34.7. The molecule has 0 saturated heterocycles. The summed E-state index contributed by atoms with van der Waals surface area (Å²) in [6.45, 7) is 5.98. The Kier molecular flexibility index (Phi) is 4.88. The summed E-state index contributed by atoms with van der Waals surface area (Å²) in [5.41, 5.74) is 2.41. The first kappa shape index (κ1) is 15.7. The maximum atomic E-state index is 12.2. The van der Waals surface area contributed by atoms with E-state index in [0.29, 0.717) is 41.6 Å². The van der Waals surface area contributed by atoms with Crippen molar-refractivity contribution in [2.24, 2.45) is 0 Å². The van der Waals surface area contributed by atoms with Crippen LogP contribution in [0.4, 0.5) is 5.95 Å². The molecule has 0 aliphatic carbocycles. The number of carbonyl (C=O) groups excluding carboxylic acids is 2. The van der Waals surface area contributed by atoms with Crippen LogP contribution in [0.15, 0.2) is 18.5 Å². The summed E-state index contributed by atoms with van der Waals surface area (Å²) in [5, 5.41) is 5.79. The van der Waals surface area contributed by atoms with Gasteiger partial charge in [-0.05, 0) is 32.4 Å². The fraction of sp³-hybridized carbons (Fsp3) is 0.333. The number of nitrogens with one attached hydrogen (secondary N) is 3. The van der Waals surface area contributed by atoms with Crippen LogP contribution >= 0.6 is 0 Å². The van der Waals surface area contributed by atoms with Gasteiger partial charge in [0.25, 0.3) is 5.91 Å². The van der Waals surface area contributed by atoms with Crippen LogP contribution < -0.4 is 10.6 Å². The molecule has 0 radical (unpaired) electrons. The number of amides is 1. The average molecular weight is 301 g/mol. The van der Waals surface area contributed by atoms with E-state index in [0.717, 1.165) is 0 Å². The van der Waals surface area contributed by atoms with Crippen molar-refractivity contribution in [2.45, 2.75) is 20.8 Å². The number of aromatic nitrogens is 3. The van der Waals surface area contributed by atoms with E-state index in [2.05, 4.69) is 25.6 Å². The van der Waals surface area contributed by atoms with Crippen LogP contribution in [-0.4, -0.2) is 39.7 Å². The van der Waals surface area contributed by atoms with Gasteiger partial charge in [-0.1, -0.05) is 0 Å². The quantitative estimate of drug-likeness (QED) is 0.554. The van der Waals surface area contributed by atoms with E-state index in [-0.39, 0.29) is 11.7 Å². The highest BCUT2D eigenvalue weighted by Crippen LogP contribution is 2.18. The van der Waals surface area contributed by atoms with Crippen molar-refractivity contribution in [3.63, 3.8) is 0 Å². The SMILES string of the molecule is CC(=O)c1c(C)[nH]c(C(=O)NCCNc2ncccn2)c1C. The summed E-state index contributed by atoms with van der Waals surface area (Å²) >= 11 is 0. The minimum absolute atomic E-state index is 0.0480. The Morgan fingerprint density at radius 1 is 1.18 bits per heavy atom. The Bertz CT molecular complexity index is 679. The minimum atomic E-state index is -0.233. The predicted octanol–water partition coefficient (Wildman–Crippen LogP) is 1.47. The lowest BCUT2D eigenvalue weighted by molar-refractivity contribution is 0.0950. The second-order valence-corrected chi connectivity index (χ2v) is 4.94. The second kappa shape index (κ2) is 6.84. The molecule has 0 aliphatic heterocycles. The Hall–Kier alpha value is -2.70. The first-order valence-corrected chi connectivity index (χ1v) is 7.00. The van der Waals surface area contributed by atoms with Crippen LogP contribution in [0, 0.1) is 13.8 Å². The zero-order valence-corrected chi connectivity index (χ0v) is 12.9. The predicted molar refractivity (Wildman–Crippen MR) is 83.1 cm³/mol. The van der Waals surface area contributed by atoms with E-state index < -0.39 is 0 Å². The number of H-pyrrole nitrogens is 1. The number of Topliss-reactive ketones (excluding diaryl/α,β-unsaturated/α-hetero) is 1. The fourth-order valence-corrected chi connectivity index (χ4v) is 2.33. The summed E-state index contributed by atoms with van der Waals surface area (Å²) in [5.74, 6) is 0.236. The molecule has 116 valence electrons. The van der Waals surface area contributed by atoms with Gasteiger partial charge in [-0.15, -0.1) is 0 Å². The number of aryl methyl sites for hydroxylation is 1. The molecular formula is C15H19N5O2. The van der Waals surface area contributed by atoms with Crippen LogP contribution in [0.1, 0.15) is 39.0 Å². The molecule has 0 aliphatic rings. The molecule has 22 heavy (non-hydrogen) atoms. The lowest BCUT2D eigenvalue weighted by Crippen LogP contribution is -2.29. The van der Waals surface area contributed by atoms with Crippen LogP contribution in [0.25, 0.3) is 0 Å². The molecule has 2 aromatic rings. The van der Waals surface area contributed by atoms with E-state index in [4.69, 9.17) is 0 Å².